The van der Waals surface area contributed by atoms with Gasteiger partial charge in [-0.05, 0) is 37.3 Å². The molecule has 1 heterocycles. The second-order valence-corrected chi connectivity index (χ2v) is 7.63. The molecular formula is C27H21NO7. The molecule has 1 N–H and O–H groups in total. The van der Waals surface area contributed by atoms with Crippen LogP contribution in [0.2, 0.25) is 0 Å². The van der Waals surface area contributed by atoms with Crippen LogP contribution in [0.5, 0.6) is 0 Å². The van der Waals surface area contributed by atoms with E-state index in [-0.39, 0.29) is 27.5 Å². The van der Waals surface area contributed by atoms with E-state index in [1.54, 1.807) is 49.4 Å². The lowest BCUT2D eigenvalue weighted by atomic mass is 10.0. The normalized spacial score (nSPS) is 10.6. The third-order valence-electron chi connectivity index (χ3n) is 5.30. The van der Waals surface area contributed by atoms with Crippen LogP contribution < -0.4 is 10.7 Å². The summed E-state index contributed by atoms with van der Waals surface area (Å²) in [6.07, 6.45) is 0. The second kappa shape index (κ2) is 10.0. The van der Waals surface area contributed by atoms with Gasteiger partial charge in [0.15, 0.2) is 17.6 Å². The van der Waals surface area contributed by atoms with Crippen molar-refractivity contribution in [2.75, 3.05) is 19.0 Å². The molecule has 0 saturated heterocycles. The Kier molecular flexibility index (Phi) is 6.73. The van der Waals surface area contributed by atoms with E-state index >= 15 is 0 Å². The summed E-state index contributed by atoms with van der Waals surface area (Å²) in [5, 5.41) is 2.79. The maximum absolute atomic E-state index is 13.0. The molecule has 0 aliphatic heterocycles. The number of esters is 2. The van der Waals surface area contributed by atoms with Gasteiger partial charge in [-0.25, -0.2) is 9.59 Å². The molecule has 176 valence electrons. The standard InChI is InChI=1S/C27H21NO7/c1-16-23(30)20-12-7-13-21(25(20)35-24(16)17-8-4-3-5-9-17)27(32)34-15-22(29)28-19-11-6-10-18(14-19)26(31)33-2/h3-14H,15H2,1-2H3,(H,28,29). The van der Waals surface area contributed by atoms with E-state index in [4.69, 9.17) is 9.15 Å². The summed E-state index contributed by atoms with van der Waals surface area (Å²) in [7, 11) is 1.26. The SMILES string of the molecule is COC(=O)c1cccc(NC(=O)COC(=O)c2cccc3c(=O)c(C)c(-c4ccccc4)oc23)c1. The number of carbonyl (C=O) groups excluding carboxylic acids is 3. The maximum atomic E-state index is 13.0. The van der Waals surface area contributed by atoms with Crippen molar-refractivity contribution in [2.24, 2.45) is 0 Å². The summed E-state index contributed by atoms with van der Waals surface area (Å²) in [5.74, 6) is -1.62. The Hall–Kier alpha value is -4.72. The first kappa shape index (κ1) is 23.4. The zero-order valence-electron chi connectivity index (χ0n) is 19.0. The first-order chi connectivity index (χ1) is 16.9. The number of anilines is 1. The highest BCUT2D eigenvalue weighted by molar-refractivity contribution is 6.03. The molecule has 0 aliphatic rings. The second-order valence-electron chi connectivity index (χ2n) is 7.63. The average Bonchev–Trinajstić information content (AvgIpc) is 2.89. The monoisotopic (exact) mass is 471 g/mol. The lowest BCUT2D eigenvalue weighted by Crippen LogP contribution is -2.21. The minimum absolute atomic E-state index is 0.0252. The van der Waals surface area contributed by atoms with E-state index < -0.39 is 24.5 Å². The Morgan fingerprint density at radius 2 is 1.66 bits per heavy atom. The molecule has 0 bridgehead atoms. The Morgan fingerprint density at radius 1 is 0.914 bits per heavy atom. The van der Waals surface area contributed by atoms with Crippen LogP contribution in [-0.4, -0.2) is 31.6 Å². The van der Waals surface area contributed by atoms with Gasteiger partial charge in [0.2, 0.25) is 0 Å². The van der Waals surface area contributed by atoms with Crippen LogP contribution in [0.15, 0.2) is 82.0 Å². The van der Waals surface area contributed by atoms with Gasteiger partial charge in [0, 0.05) is 16.8 Å². The Bertz CT molecular complexity index is 1490. The summed E-state index contributed by atoms with van der Waals surface area (Å²) >= 11 is 0. The molecule has 0 aliphatic carbocycles. The Balaban J connectivity index is 1.55. The highest BCUT2D eigenvalue weighted by Gasteiger charge is 2.20. The summed E-state index contributed by atoms with van der Waals surface area (Å²) < 4.78 is 15.9. The van der Waals surface area contributed by atoms with Gasteiger partial charge >= 0.3 is 11.9 Å². The van der Waals surface area contributed by atoms with Crippen molar-refractivity contribution in [3.8, 4) is 11.3 Å². The van der Waals surface area contributed by atoms with E-state index in [9.17, 15) is 19.2 Å². The highest BCUT2D eigenvalue weighted by atomic mass is 16.5. The Morgan fingerprint density at radius 3 is 2.40 bits per heavy atom. The molecule has 4 rings (SSSR count). The molecular weight excluding hydrogens is 450 g/mol. The molecule has 0 saturated carbocycles. The number of ether oxygens (including phenoxy) is 2. The number of carbonyl (C=O) groups is 3. The third-order valence-corrected chi connectivity index (χ3v) is 5.30. The number of nitrogens with one attached hydrogen (secondary N) is 1. The molecule has 35 heavy (non-hydrogen) atoms. The number of amides is 1. The van der Waals surface area contributed by atoms with Gasteiger partial charge in [-0.15, -0.1) is 0 Å². The van der Waals surface area contributed by atoms with E-state index in [1.807, 2.05) is 18.2 Å². The van der Waals surface area contributed by atoms with Crippen LogP contribution in [0, 0.1) is 6.92 Å². The zero-order valence-corrected chi connectivity index (χ0v) is 19.0. The number of hydrogen-bond acceptors (Lipinski definition) is 7. The van der Waals surface area contributed by atoms with E-state index in [0.29, 0.717) is 22.6 Å². The van der Waals surface area contributed by atoms with Crippen molar-refractivity contribution in [1.82, 2.24) is 0 Å². The number of fused-ring (bicyclic) bond motifs is 1. The zero-order chi connectivity index (χ0) is 24.9. The van der Waals surface area contributed by atoms with E-state index in [2.05, 4.69) is 10.1 Å². The number of benzene rings is 3. The fourth-order valence-electron chi connectivity index (χ4n) is 3.58. The van der Waals surface area contributed by atoms with Crippen molar-refractivity contribution >= 4 is 34.5 Å². The number of rotatable bonds is 6. The van der Waals surface area contributed by atoms with E-state index in [1.165, 1.54) is 19.2 Å². The van der Waals surface area contributed by atoms with Crippen molar-refractivity contribution in [3.63, 3.8) is 0 Å². The topological polar surface area (TPSA) is 112 Å². The predicted octanol–water partition coefficient (Wildman–Crippen LogP) is 4.35. The van der Waals surface area contributed by atoms with Gasteiger partial charge in [-0.2, -0.15) is 0 Å². The van der Waals surface area contributed by atoms with Crippen molar-refractivity contribution in [2.45, 2.75) is 6.92 Å². The first-order valence-corrected chi connectivity index (χ1v) is 10.7. The third kappa shape index (κ3) is 4.96. The molecule has 0 unspecified atom stereocenters. The van der Waals surface area contributed by atoms with Crippen molar-refractivity contribution in [3.05, 3.63) is 99.7 Å². The minimum atomic E-state index is -0.819. The molecule has 0 radical (unpaired) electrons. The number of hydrogen-bond donors (Lipinski definition) is 1. The van der Waals surface area contributed by atoms with Crippen LogP contribution in [0.1, 0.15) is 26.3 Å². The lowest BCUT2D eigenvalue weighted by Gasteiger charge is -2.11. The summed E-state index contributed by atoms with van der Waals surface area (Å²) in [6, 6.07) is 19.8. The Labute approximate surface area is 200 Å². The van der Waals surface area contributed by atoms with Gasteiger partial charge < -0.3 is 19.2 Å². The lowest BCUT2D eigenvalue weighted by molar-refractivity contribution is -0.119. The highest BCUT2D eigenvalue weighted by Crippen LogP contribution is 2.27. The average molecular weight is 471 g/mol. The largest absolute Gasteiger partial charge is 0.465 e. The van der Waals surface area contributed by atoms with Crippen LogP contribution in [0.4, 0.5) is 5.69 Å². The van der Waals surface area contributed by atoms with Crippen molar-refractivity contribution in [1.29, 1.82) is 0 Å². The number of methoxy groups -OCH3 is 1. The van der Waals surface area contributed by atoms with Gasteiger partial charge in [-0.1, -0.05) is 42.5 Å². The molecule has 0 fully saturated rings. The van der Waals surface area contributed by atoms with Crippen LogP contribution in [0.3, 0.4) is 0 Å². The predicted molar refractivity (Wildman–Crippen MR) is 129 cm³/mol. The van der Waals surface area contributed by atoms with Gasteiger partial charge in [0.1, 0.15) is 11.3 Å². The van der Waals surface area contributed by atoms with Crippen LogP contribution >= 0.6 is 0 Å². The van der Waals surface area contributed by atoms with Gasteiger partial charge in [0.05, 0.1) is 18.1 Å². The first-order valence-electron chi connectivity index (χ1n) is 10.7. The van der Waals surface area contributed by atoms with E-state index in [0.717, 1.165) is 0 Å². The molecule has 3 aromatic carbocycles. The summed E-state index contributed by atoms with van der Waals surface area (Å²) in [5.41, 5.74) is 1.56. The van der Waals surface area contributed by atoms with Gasteiger partial charge in [0.25, 0.3) is 5.91 Å². The molecule has 1 aromatic heterocycles. The smallest absolute Gasteiger partial charge is 0.342 e. The fraction of sp³-hybridized carbons (Fsp3) is 0.111. The molecule has 4 aromatic rings. The fourth-order valence-corrected chi connectivity index (χ4v) is 3.58. The summed E-state index contributed by atoms with van der Waals surface area (Å²) in [6.45, 7) is 1.08. The summed E-state index contributed by atoms with van der Waals surface area (Å²) in [4.78, 5) is 49.7. The molecule has 0 atom stereocenters. The molecule has 1 amide bonds. The van der Waals surface area contributed by atoms with Crippen molar-refractivity contribution < 1.29 is 28.3 Å². The van der Waals surface area contributed by atoms with Crippen LogP contribution in [0.25, 0.3) is 22.3 Å². The number of para-hydroxylation sites is 1. The van der Waals surface area contributed by atoms with Gasteiger partial charge in [-0.3, -0.25) is 9.59 Å². The van der Waals surface area contributed by atoms with Crippen LogP contribution in [-0.2, 0) is 14.3 Å². The molecule has 8 heteroatoms. The maximum Gasteiger partial charge on any atom is 0.342 e. The molecule has 8 nitrogen and oxygen atoms in total. The quantitative estimate of drug-likeness (QED) is 0.416. The molecule has 0 spiro atoms. The minimum Gasteiger partial charge on any atom is -0.465 e.